The minimum Gasteiger partial charge on any atom is -0.480 e. The van der Waals surface area contributed by atoms with Gasteiger partial charge in [0.15, 0.2) is 0 Å². The minimum atomic E-state index is -0.830. The Hall–Kier alpha value is -3.30. The van der Waals surface area contributed by atoms with Gasteiger partial charge < -0.3 is 16.2 Å². The molecule has 4 aromatic rings. The average Bonchev–Trinajstić information content (AvgIpc) is 3.46. The van der Waals surface area contributed by atoms with Gasteiger partial charge >= 0.3 is 5.97 Å². The smallest absolute Gasteiger partial charge is 0.320 e. The fourth-order valence-corrected chi connectivity index (χ4v) is 4.58. The van der Waals surface area contributed by atoms with Gasteiger partial charge in [0, 0.05) is 30.1 Å². The molecule has 1 saturated heterocycles. The Morgan fingerprint density at radius 2 is 2.14 bits per heavy atom. The number of fused-ring (bicyclic) bond motifs is 1. The van der Waals surface area contributed by atoms with Crippen LogP contribution in [-0.4, -0.2) is 43.4 Å². The van der Waals surface area contributed by atoms with E-state index in [0.717, 1.165) is 31.9 Å². The highest BCUT2D eigenvalue weighted by Crippen LogP contribution is 2.35. The summed E-state index contributed by atoms with van der Waals surface area (Å²) in [7, 11) is 0. The van der Waals surface area contributed by atoms with Gasteiger partial charge in [0.05, 0.1) is 28.0 Å². The zero-order valence-electron chi connectivity index (χ0n) is 15.3. The van der Waals surface area contributed by atoms with Crippen LogP contribution < -0.4 is 11.1 Å². The number of nitrogens with two attached hydrogens (primary N) is 1. The minimum absolute atomic E-state index is 0.00956. The van der Waals surface area contributed by atoms with Crippen molar-refractivity contribution >= 4 is 33.3 Å². The third kappa shape index (κ3) is 3.24. The zero-order valence-corrected chi connectivity index (χ0v) is 16.1. The second kappa shape index (κ2) is 6.94. The standard InChI is InChI=1S/C20H18N6O2S/c21-18-14(19-25-15-3-1-2-4-17(15)29-19)5-11(7-23-18)12-8-24-26(10-12)13-6-16(20(27)28)22-9-13/h1-5,7-8,10,13,16,22H,6,9H2,(H2,21,23)(H,27,28). The quantitative estimate of drug-likeness (QED) is 0.477. The Kier molecular flexibility index (Phi) is 4.26. The number of nitrogens with zero attached hydrogens (tertiary/aromatic N) is 4. The van der Waals surface area contributed by atoms with E-state index < -0.39 is 12.0 Å². The van der Waals surface area contributed by atoms with Crippen LogP contribution in [0, 0.1) is 0 Å². The lowest BCUT2D eigenvalue weighted by Crippen LogP contribution is -2.29. The Bertz CT molecular complexity index is 1180. The molecular weight excluding hydrogens is 388 g/mol. The van der Waals surface area contributed by atoms with E-state index in [9.17, 15) is 4.79 Å². The van der Waals surface area contributed by atoms with E-state index in [1.54, 1.807) is 23.7 Å². The van der Waals surface area contributed by atoms with Crippen LogP contribution in [0.25, 0.3) is 31.9 Å². The number of anilines is 1. The molecule has 2 atom stereocenters. The summed E-state index contributed by atoms with van der Waals surface area (Å²) >= 11 is 1.58. The maximum absolute atomic E-state index is 11.2. The summed E-state index contributed by atoms with van der Waals surface area (Å²) in [4.78, 5) is 20.2. The Balaban J connectivity index is 1.46. The third-order valence-electron chi connectivity index (χ3n) is 5.16. The number of carboxylic acids is 1. The first-order valence-corrected chi connectivity index (χ1v) is 10.0. The number of nitrogen functional groups attached to an aromatic ring is 1. The number of hydrogen-bond acceptors (Lipinski definition) is 7. The average molecular weight is 406 g/mol. The molecule has 0 radical (unpaired) electrons. The molecule has 1 fully saturated rings. The number of carboxylic acid groups (broad SMARTS) is 1. The number of para-hydroxylation sites is 1. The van der Waals surface area contributed by atoms with Crippen LogP contribution in [0.1, 0.15) is 12.5 Å². The molecule has 0 spiro atoms. The van der Waals surface area contributed by atoms with Crippen LogP contribution >= 0.6 is 11.3 Å². The van der Waals surface area contributed by atoms with Crippen molar-refractivity contribution in [2.45, 2.75) is 18.5 Å². The zero-order chi connectivity index (χ0) is 20.0. The molecular formula is C20H18N6O2S. The highest BCUT2D eigenvalue weighted by atomic mass is 32.1. The van der Waals surface area contributed by atoms with Gasteiger partial charge in [0.1, 0.15) is 16.9 Å². The first-order valence-electron chi connectivity index (χ1n) is 9.20. The van der Waals surface area contributed by atoms with E-state index in [2.05, 4.69) is 20.4 Å². The molecule has 8 nitrogen and oxygen atoms in total. The second-order valence-corrected chi connectivity index (χ2v) is 8.07. The highest BCUT2D eigenvalue weighted by Gasteiger charge is 2.30. The van der Waals surface area contributed by atoms with E-state index in [4.69, 9.17) is 10.8 Å². The first-order chi connectivity index (χ1) is 14.1. The molecule has 4 heterocycles. The summed E-state index contributed by atoms with van der Waals surface area (Å²) in [5.41, 5.74) is 9.66. The molecule has 0 amide bonds. The fraction of sp³-hybridized carbons (Fsp3) is 0.200. The van der Waals surface area contributed by atoms with Gasteiger partial charge in [0.2, 0.25) is 0 Å². The van der Waals surface area contributed by atoms with Crippen LogP contribution in [0.5, 0.6) is 0 Å². The molecule has 0 bridgehead atoms. The number of aliphatic carboxylic acids is 1. The number of thiazole rings is 1. The third-order valence-corrected chi connectivity index (χ3v) is 6.23. The highest BCUT2D eigenvalue weighted by molar-refractivity contribution is 7.21. The predicted octanol–water partition coefficient (Wildman–Crippen LogP) is 2.79. The molecule has 4 N–H and O–H groups in total. The van der Waals surface area contributed by atoms with Gasteiger partial charge in [-0.3, -0.25) is 9.48 Å². The van der Waals surface area contributed by atoms with Crippen molar-refractivity contribution in [2.75, 3.05) is 12.3 Å². The van der Waals surface area contributed by atoms with Crippen LogP contribution in [0.3, 0.4) is 0 Å². The van der Waals surface area contributed by atoms with Crippen molar-refractivity contribution in [3.8, 4) is 21.7 Å². The number of rotatable bonds is 4. The lowest BCUT2D eigenvalue weighted by atomic mass is 10.1. The molecule has 1 aliphatic heterocycles. The number of carbonyl (C=O) groups is 1. The van der Waals surface area contributed by atoms with E-state index in [-0.39, 0.29) is 6.04 Å². The second-order valence-electron chi connectivity index (χ2n) is 7.04. The fourth-order valence-electron chi connectivity index (χ4n) is 3.59. The van der Waals surface area contributed by atoms with E-state index >= 15 is 0 Å². The molecule has 5 rings (SSSR count). The lowest BCUT2D eigenvalue weighted by molar-refractivity contribution is -0.139. The Morgan fingerprint density at radius 1 is 1.28 bits per heavy atom. The largest absolute Gasteiger partial charge is 0.480 e. The van der Waals surface area contributed by atoms with Crippen LogP contribution in [0.15, 0.2) is 48.9 Å². The molecule has 1 aliphatic rings. The number of benzene rings is 1. The van der Waals surface area contributed by atoms with Crippen molar-refractivity contribution in [1.29, 1.82) is 0 Å². The van der Waals surface area contributed by atoms with Gasteiger partial charge in [-0.25, -0.2) is 9.97 Å². The summed E-state index contributed by atoms with van der Waals surface area (Å²) in [5.74, 6) is -0.396. The summed E-state index contributed by atoms with van der Waals surface area (Å²) in [6.45, 7) is 0.578. The van der Waals surface area contributed by atoms with Crippen molar-refractivity contribution in [1.82, 2.24) is 25.1 Å². The maximum atomic E-state index is 11.2. The predicted molar refractivity (Wildman–Crippen MR) is 112 cm³/mol. The summed E-state index contributed by atoms with van der Waals surface area (Å²) in [6, 6.07) is 9.43. The molecule has 0 aliphatic carbocycles. The monoisotopic (exact) mass is 406 g/mol. The molecule has 0 saturated carbocycles. The summed E-state index contributed by atoms with van der Waals surface area (Å²) < 4.78 is 2.92. The molecule has 29 heavy (non-hydrogen) atoms. The topological polar surface area (TPSA) is 119 Å². The van der Waals surface area contributed by atoms with E-state index in [1.807, 2.05) is 41.2 Å². The molecule has 2 unspecified atom stereocenters. The Labute approximate surface area is 170 Å². The number of hydrogen-bond donors (Lipinski definition) is 3. The first kappa shape index (κ1) is 17.8. The van der Waals surface area contributed by atoms with Crippen LogP contribution in [0.4, 0.5) is 5.82 Å². The summed E-state index contributed by atoms with van der Waals surface area (Å²) in [5, 5.41) is 17.4. The van der Waals surface area contributed by atoms with Crippen molar-refractivity contribution in [3.63, 3.8) is 0 Å². The maximum Gasteiger partial charge on any atom is 0.320 e. The van der Waals surface area contributed by atoms with Gasteiger partial charge in [0.25, 0.3) is 0 Å². The normalized spacial score (nSPS) is 19.0. The van der Waals surface area contributed by atoms with Crippen molar-refractivity contribution < 1.29 is 9.90 Å². The van der Waals surface area contributed by atoms with Gasteiger partial charge in [-0.2, -0.15) is 5.10 Å². The summed E-state index contributed by atoms with van der Waals surface area (Å²) in [6.07, 6.45) is 5.92. The molecule has 9 heteroatoms. The van der Waals surface area contributed by atoms with Crippen molar-refractivity contribution in [3.05, 3.63) is 48.9 Å². The molecule has 3 aromatic heterocycles. The SMILES string of the molecule is Nc1ncc(-c2cnn(C3CNC(C(=O)O)C3)c2)cc1-c1nc2ccccc2s1. The lowest BCUT2D eigenvalue weighted by Gasteiger charge is -2.08. The number of nitrogens with one attached hydrogen (secondary N) is 1. The van der Waals surface area contributed by atoms with Gasteiger partial charge in [-0.1, -0.05) is 12.1 Å². The van der Waals surface area contributed by atoms with Crippen molar-refractivity contribution in [2.24, 2.45) is 0 Å². The molecule has 1 aromatic carbocycles. The Morgan fingerprint density at radius 3 is 2.93 bits per heavy atom. The van der Waals surface area contributed by atoms with Crippen LogP contribution in [-0.2, 0) is 4.79 Å². The molecule has 146 valence electrons. The number of aromatic nitrogens is 4. The van der Waals surface area contributed by atoms with E-state index in [0.29, 0.717) is 18.8 Å². The van der Waals surface area contributed by atoms with E-state index in [1.165, 1.54) is 0 Å². The van der Waals surface area contributed by atoms with Gasteiger partial charge in [-0.15, -0.1) is 11.3 Å². The van der Waals surface area contributed by atoms with Crippen LogP contribution in [0.2, 0.25) is 0 Å². The number of pyridine rings is 1. The van der Waals surface area contributed by atoms with Gasteiger partial charge in [-0.05, 0) is 24.6 Å².